The van der Waals surface area contributed by atoms with Crippen LogP contribution in [0.5, 0.6) is 0 Å². The Hall–Kier alpha value is -3.59. The van der Waals surface area contributed by atoms with Gasteiger partial charge in [-0.3, -0.25) is 9.78 Å². The van der Waals surface area contributed by atoms with Gasteiger partial charge in [0.25, 0.3) is 5.91 Å². The number of nitrogens with one attached hydrogen (secondary N) is 2. The molecule has 37 heavy (non-hydrogen) atoms. The second-order valence-corrected chi connectivity index (χ2v) is 11.1. The van der Waals surface area contributed by atoms with E-state index in [1.54, 1.807) is 12.5 Å². The maximum atomic E-state index is 13.6. The summed E-state index contributed by atoms with van der Waals surface area (Å²) < 4.78 is 3.99. The van der Waals surface area contributed by atoms with Crippen LogP contribution in [0.3, 0.4) is 0 Å². The Balaban J connectivity index is 1.27. The highest BCUT2D eigenvalue weighted by Gasteiger charge is 2.48. The molecule has 0 bridgehead atoms. The summed E-state index contributed by atoms with van der Waals surface area (Å²) in [6, 6.07) is 3.99. The molecule has 0 atom stereocenters. The van der Waals surface area contributed by atoms with Crippen molar-refractivity contribution < 1.29 is 4.79 Å². The molecule has 9 nitrogen and oxygen atoms in total. The lowest BCUT2D eigenvalue weighted by molar-refractivity contribution is 0.102. The van der Waals surface area contributed by atoms with Gasteiger partial charge in [-0.25, -0.2) is 4.98 Å². The summed E-state index contributed by atoms with van der Waals surface area (Å²) in [7, 11) is 1.98. The Labute approximate surface area is 216 Å². The second kappa shape index (κ2) is 9.37. The van der Waals surface area contributed by atoms with Crippen molar-refractivity contribution in [2.75, 3.05) is 11.9 Å². The summed E-state index contributed by atoms with van der Waals surface area (Å²) in [6.45, 7) is 6.00. The number of hydrogen-bond acceptors (Lipinski definition) is 6. The Morgan fingerprint density at radius 2 is 2.03 bits per heavy atom. The molecule has 1 amide bonds. The van der Waals surface area contributed by atoms with E-state index in [0.29, 0.717) is 22.8 Å². The highest BCUT2D eigenvalue weighted by atomic mass is 16.1. The van der Waals surface area contributed by atoms with E-state index in [9.17, 15) is 4.79 Å². The molecule has 0 saturated heterocycles. The number of amides is 1. The van der Waals surface area contributed by atoms with Crippen LogP contribution in [0.25, 0.3) is 5.65 Å². The van der Waals surface area contributed by atoms with Crippen LogP contribution in [0.15, 0.2) is 43.2 Å². The fraction of sp³-hybridized carbons (Fsp3) is 0.464. The maximum Gasteiger partial charge on any atom is 0.259 e. The van der Waals surface area contributed by atoms with Crippen molar-refractivity contribution in [1.29, 1.82) is 0 Å². The lowest BCUT2D eigenvalue weighted by Crippen LogP contribution is -2.43. The Morgan fingerprint density at radius 1 is 1.19 bits per heavy atom. The molecule has 2 aliphatic carbocycles. The Bertz CT molecular complexity index is 1440. The molecule has 0 unspecified atom stereocenters. The largest absolute Gasteiger partial charge is 0.320 e. The smallest absolute Gasteiger partial charge is 0.259 e. The van der Waals surface area contributed by atoms with Crippen molar-refractivity contribution in [2.45, 2.75) is 57.9 Å². The number of aryl methyl sites for hydroxylation is 2. The first kappa shape index (κ1) is 23.8. The monoisotopic (exact) mass is 498 g/mol. The van der Waals surface area contributed by atoms with Crippen LogP contribution in [-0.4, -0.2) is 41.6 Å². The lowest BCUT2D eigenvalue weighted by Gasteiger charge is -2.45. The molecule has 0 aromatic carbocycles. The van der Waals surface area contributed by atoms with E-state index in [4.69, 9.17) is 0 Å². The quantitative estimate of drug-likeness (QED) is 0.380. The summed E-state index contributed by atoms with van der Waals surface area (Å²) in [5.74, 6) is 2.12. The number of nitrogens with zero attached hydrogens (tertiary/aromatic N) is 6. The third-order valence-electron chi connectivity index (χ3n) is 8.16. The average molecular weight is 499 g/mol. The van der Waals surface area contributed by atoms with E-state index in [1.807, 2.05) is 47.5 Å². The normalized spacial score (nSPS) is 21.5. The molecule has 9 heteroatoms. The molecule has 2 fully saturated rings. The van der Waals surface area contributed by atoms with Crippen molar-refractivity contribution in [3.63, 3.8) is 0 Å². The van der Waals surface area contributed by atoms with E-state index in [0.717, 1.165) is 54.5 Å². The van der Waals surface area contributed by atoms with Crippen molar-refractivity contribution in [3.05, 3.63) is 71.5 Å². The van der Waals surface area contributed by atoms with Crippen LogP contribution >= 0.6 is 0 Å². The van der Waals surface area contributed by atoms with Gasteiger partial charge in [0, 0.05) is 37.9 Å². The molecular weight excluding hydrogens is 464 g/mol. The number of carbonyl (C=O) groups is 1. The van der Waals surface area contributed by atoms with Gasteiger partial charge in [0.05, 0.1) is 22.9 Å². The Morgan fingerprint density at radius 3 is 2.73 bits per heavy atom. The predicted molar refractivity (Wildman–Crippen MR) is 141 cm³/mol. The number of anilines is 1. The minimum Gasteiger partial charge on any atom is -0.320 e. The highest BCUT2D eigenvalue weighted by Crippen LogP contribution is 2.51. The van der Waals surface area contributed by atoms with Gasteiger partial charge in [0.2, 0.25) is 0 Å². The third kappa shape index (κ3) is 4.31. The van der Waals surface area contributed by atoms with E-state index in [1.165, 1.54) is 19.3 Å². The second-order valence-electron chi connectivity index (χ2n) is 11.1. The van der Waals surface area contributed by atoms with Crippen LogP contribution in [0, 0.1) is 18.8 Å². The van der Waals surface area contributed by atoms with Crippen LogP contribution in [0.4, 0.5) is 5.69 Å². The van der Waals surface area contributed by atoms with E-state index >= 15 is 0 Å². The van der Waals surface area contributed by atoms with Gasteiger partial charge < -0.3 is 19.6 Å². The lowest BCUT2D eigenvalue weighted by atomic mass is 9.59. The summed E-state index contributed by atoms with van der Waals surface area (Å²) in [4.78, 5) is 22.6. The SMILES string of the molecule is Cc1cnc2c(C(=O)Nc3cncc(C4(c5nncn5C)CC(C)C4)c3)cc(CNCC3CCC3)cn12. The van der Waals surface area contributed by atoms with Crippen LogP contribution < -0.4 is 10.6 Å². The zero-order valence-electron chi connectivity index (χ0n) is 21.7. The van der Waals surface area contributed by atoms with Gasteiger partial charge in [-0.1, -0.05) is 13.3 Å². The summed E-state index contributed by atoms with van der Waals surface area (Å²) in [5.41, 5.74) is 4.76. The fourth-order valence-corrected chi connectivity index (χ4v) is 6.00. The van der Waals surface area contributed by atoms with E-state index < -0.39 is 0 Å². The van der Waals surface area contributed by atoms with Gasteiger partial charge in [-0.05, 0) is 74.2 Å². The van der Waals surface area contributed by atoms with E-state index in [-0.39, 0.29) is 11.3 Å². The first-order valence-electron chi connectivity index (χ1n) is 13.2. The van der Waals surface area contributed by atoms with Crippen LogP contribution in [0.2, 0.25) is 0 Å². The van der Waals surface area contributed by atoms with E-state index in [2.05, 4.69) is 43.9 Å². The topological polar surface area (TPSA) is 102 Å². The van der Waals surface area contributed by atoms with Crippen LogP contribution in [-0.2, 0) is 19.0 Å². The van der Waals surface area contributed by atoms with Crippen molar-refractivity contribution in [3.8, 4) is 0 Å². The minimum absolute atomic E-state index is 0.190. The molecule has 0 spiro atoms. The molecule has 4 aromatic rings. The molecule has 2 aliphatic rings. The number of carbonyl (C=O) groups excluding carboxylic acids is 1. The number of fused-ring (bicyclic) bond motifs is 1. The molecule has 4 aromatic heterocycles. The molecule has 4 heterocycles. The molecule has 6 rings (SSSR count). The standard InChI is InChI=1S/C28H34N8O/c1-18-9-28(10-18,27-34-32-17-35(27)3)22-8-23(15-30-14-22)33-26(37)24-7-21(13-29-12-20-5-4-6-20)16-36-19(2)11-31-25(24)36/h7-8,11,14-18,20,29H,4-6,9-10,12-13H2,1-3H3,(H,33,37). The minimum atomic E-state index is -0.238. The van der Waals surface area contributed by atoms with Gasteiger partial charge in [0.15, 0.2) is 0 Å². The highest BCUT2D eigenvalue weighted by molar-refractivity contribution is 6.08. The van der Waals surface area contributed by atoms with Crippen molar-refractivity contribution in [1.82, 2.24) is 34.4 Å². The number of pyridine rings is 2. The third-order valence-corrected chi connectivity index (χ3v) is 8.16. The molecule has 2 N–H and O–H groups in total. The zero-order chi connectivity index (χ0) is 25.6. The van der Waals surface area contributed by atoms with Crippen LogP contribution in [0.1, 0.15) is 72.0 Å². The number of hydrogen-bond donors (Lipinski definition) is 2. The predicted octanol–water partition coefficient (Wildman–Crippen LogP) is 4.02. The van der Waals surface area contributed by atoms with Crippen molar-refractivity contribution in [2.24, 2.45) is 18.9 Å². The maximum absolute atomic E-state index is 13.6. The first-order chi connectivity index (χ1) is 17.9. The van der Waals surface area contributed by atoms with Gasteiger partial charge >= 0.3 is 0 Å². The molecule has 2 saturated carbocycles. The first-order valence-corrected chi connectivity index (χ1v) is 13.2. The van der Waals surface area contributed by atoms with Gasteiger partial charge in [0.1, 0.15) is 17.8 Å². The summed E-state index contributed by atoms with van der Waals surface area (Å²) in [6.07, 6.45) is 15.1. The van der Waals surface area contributed by atoms with Crippen molar-refractivity contribution >= 4 is 17.2 Å². The average Bonchev–Trinajstić information content (AvgIpc) is 3.43. The summed E-state index contributed by atoms with van der Waals surface area (Å²) >= 11 is 0. The number of imidazole rings is 1. The fourth-order valence-electron chi connectivity index (χ4n) is 6.00. The van der Waals surface area contributed by atoms with Gasteiger partial charge in [-0.15, -0.1) is 10.2 Å². The van der Waals surface area contributed by atoms with Gasteiger partial charge in [-0.2, -0.15) is 0 Å². The molecule has 0 radical (unpaired) electrons. The molecule has 0 aliphatic heterocycles. The zero-order valence-corrected chi connectivity index (χ0v) is 21.7. The summed E-state index contributed by atoms with van der Waals surface area (Å²) in [5, 5.41) is 15.2. The Kier molecular flexibility index (Phi) is 6.03. The molecular formula is C28H34N8O. The number of rotatable bonds is 8. The number of aromatic nitrogens is 6. The molecule has 192 valence electrons.